The fourth-order valence-corrected chi connectivity index (χ4v) is 3.21. The summed E-state index contributed by atoms with van der Waals surface area (Å²) in [5.41, 5.74) is 9.80. The van der Waals surface area contributed by atoms with Gasteiger partial charge < -0.3 is 14.9 Å². The van der Waals surface area contributed by atoms with Crippen LogP contribution in [0.15, 0.2) is 70.2 Å². The number of benzene rings is 1. The second-order valence-corrected chi connectivity index (χ2v) is 6.01. The lowest BCUT2D eigenvalue weighted by Gasteiger charge is -2.24. The van der Waals surface area contributed by atoms with E-state index >= 15 is 0 Å². The van der Waals surface area contributed by atoms with Crippen LogP contribution in [0.5, 0.6) is 5.88 Å². The third kappa shape index (κ3) is 2.56. The van der Waals surface area contributed by atoms with Gasteiger partial charge >= 0.3 is 0 Å². The molecular weight excluding hydrogens is 328 g/mol. The van der Waals surface area contributed by atoms with Crippen LogP contribution in [0.4, 0.5) is 0 Å². The molecule has 2 aromatic heterocycles. The number of aromatic nitrogens is 2. The van der Waals surface area contributed by atoms with Gasteiger partial charge in [0.2, 0.25) is 11.8 Å². The minimum Gasteiger partial charge on any atom is -0.465 e. The zero-order chi connectivity index (χ0) is 18.1. The molecule has 0 bridgehead atoms. The van der Waals surface area contributed by atoms with Gasteiger partial charge in [0.1, 0.15) is 17.4 Å². The maximum absolute atomic E-state index is 9.68. The van der Waals surface area contributed by atoms with E-state index in [1.807, 2.05) is 55.5 Å². The number of fused-ring (bicyclic) bond motifs is 1. The number of rotatable bonds is 3. The topological polar surface area (TPSA) is 101 Å². The summed E-state index contributed by atoms with van der Waals surface area (Å²) in [5, 5.41) is 17.0. The molecule has 0 saturated heterocycles. The Labute approximate surface area is 150 Å². The quantitative estimate of drug-likeness (QED) is 0.749. The Hall–Kier alpha value is -3.72. The largest absolute Gasteiger partial charge is 0.465 e. The Bertz CT molecular complexity index is 1040. The fraction of sp³-hybridized carbons (Fsp3) is 0.100. The van der Waals surface area contributed by atoms with E-state index in [9.17, 15) is 5.26 Å². The molecule has 0 aliphatic carbocycles. The molecule has 1 aliphatic heterocycles. The molecule has 3 N–H and O–H groups in total. The molecule has 6 heteroatoms. The van der Waals surface area contributed by atoms with Crippen molar-refractivity contribution in [2.24, 2.45) is 5.73 Å². The Morgan fingerprint density at radius 3 is 2.77 bits per heavy atom. The van der Waals surface area contributed by atoms with Gasteiger partial charge in [-0.1, -0.05) is 35.9 Å². The van der Waals surface area contributed by atoms with Crippen LogP contribution >= 0.6 is 0 Å². The van der Waals surface area contributed by atoms with Gasteiger partial charge in [0, 0.05) is 0 Å². The van der Waals surface area contributed by atoms with E-state index in [0.717, 1.165) is 22.4 Å². The average Bonchev–Trinajstić information content (AvgIpc) is 3.30. The minimum atomic E-state index is -0.372. The number of hydrogen-bond acceptors (Lipinski definition) is 5. The van der Waals surface area contributed by atoms with Crippen molar-refractivity contribution in [3.05, 3.63) is 77.1 Å². The van der Waals surface area contributed by atoms with Gasteiger partial charge in [0.05, 0.1) is 23.4 Å². The number of H-pyrrole nitrogens is 1. The molecule has 1 aromatic carbocycles. The zero-order valence-electron chi connectivity index (χ0n) is 14.1. The van der Waals surface area contributed by atoms with Crippen LogP contribution in [0.2, 0.25) is 0 Å². The lowest BCUT2D eigenvalue weighted by molar-refractivity contribution is 0.378. The lowest BCUT2D eigenvalue weighted by Crippen LogP contribution is -2.20. The molecule has 4 rings (SSSR count). The summed E-state index contributed by atoms with van der Waals surface area (Å²) in [5.74, 6) is 0.791. The van der Waals surface area contributed by atoms with Crippen LogP contribution in [0.25, 0.3) is 17.3 Å². The number of aromatic amines is 1. The highest BCUT2D eigenvalue weighted by atomic mass is 16.5. The molecule has 0 amide bonds. The molecule has 0 unspecified atom stereocenters. The summed E-state index contributed by atoms with van der Waals surface area (Å²) in [6.45, 7) is 1.94. The van der Waals surface area contributed by atoms with Crippen LogP contribution in [0.3, 0.4) is 0 Å². The molecule has 0 radical (unpaired) electrons. The number of ether oxygens (including phenoxy) is 1. The van der Waals surface area contributed by atoms with Crippen molar-refractivity contribution in [1.82, 2.24) is 10.2 Å². The van der Waals surface area contributed by atoms with Crippen LogP contribution in [0.1, 0.15) is 24.2 Å². The molecule has 6 nitrogen and oxygen atoms in total. The van der Waals surface area contributed by atoms with Crippen molar-refractivity contribution < 1.29 is 9.15 Å². The summed E-state index contributed by atoms with van der Waals surface area (Å²) in [6, 6.07) is 15.7. The predicted molar refractivity (Wildman–Crippen MR) is 96.6 cm³/mol. The first-order valence-electron chi connectivity index (χ1n) is 8.12. The van der Waals surface area contributed by atoms with E-state index in [0.29, 0.717) is 17.2 Å². The van der Waals surface area contributed by atoms with E-state index in [4.69, 9.17) is 14.9 Å². The van der Waals surface area contributed by atoms with E-state index in [1.54, 1.807) is 6.26 Å². The molecule has 26 heavy (non-hydrogen) atoms. The Kier molecular flexibility index (Phi) is 3.82. The van der Waals surface area contributed by atoms with E-state index in [1.165, 1.54) is 0 Å². The van der Waals surface area contributed by atoms with E-state index in [2.05, 4.69) is 16.3 Å². The number of furan rings is 1. The maximum Gasteiger partial charge on any atom is 0.244 e. The van der Waals surface area contributed by atoms with Gasteiger partial charge in [0.15, 0.2) is 0 Å². The summed E-state index contributed by atoms with van der Waals surface area (Å²) in [7, 11) is 0. The molecule has 3 aromatic rings. The zero-order valence-corrected chi connectivity index (χ0v) is 14.1. The van der Waals surface area contributed by atoms with Gasteiger partial charge in [-0.05, 0) is 30.7 Å². The lowest BCUT2D eigenvalue weighted by atomic mass is 9.83. The van der Waals surface area contributed by atoms with Crippen LogP contribution < -0.4 is 10.5 Å². The minimum absolute atomic E-state index is 0.0725. The van der Waals surface area contributed by atoms with Gasteiger partial charge in [0.25, 0.3) is 0 Å². The second kappa shape index (κ2) is 6.30. The van der Waals surface area contributed by atoms with Crippen molar-refractivity contribution in [2.45, 2.75) is 12.8 Å². The highest BCUT2D eigenvalue weighted by Gasteiger charge is 2.35. The van der Waals surface area contributed by atoms with Crippen molar-refractivity contribution in [2.75, 3.05) is 0 Å². The number of nitrogens with one attached hydrogen (secondary N) is 1. The second-order valence-electron chi connectivity index (χ2n) is 6.01. The third-order valence-corrected chi connectivity index (χ3v) is 4.37. The SMILES string of the molecule is C/C(=C\c1ccco1)[C@H]1C(C#N)=C(N)Oc2n[nH]c(-c3ccccc3)c21. The monoisotopic (exact) mass is 344 g/mol. The third-order valence-electron chi connectivity index (χ3n) is 4.37. The van der Waals surface area contributed by atoms with Crippen molar-refractivity contribution in [3.8, 4) is 23.2 Å². The highest BCUT2D eigenvalue weighted by molar-refractivity contribution is 5.71. The smallest absolute Gasteiger partial charge is 0.244 e. The van der Waals surface area contributed by atoms with Crippen LogP contribution in [-0.4, -0.2) is 10.2 Å². The van der Waals surface area contributed by atoms with Gasteiger partial charge in [-0.2, -0.15) is 5.26 Å². The molecule has 0 fully saturated rings. The van der Waals surface area contributed by atoms with E-state index < -0.39 is 0 Å². The van der Waals surface area contributed by atoms with Crippen molar-refractivity contribution in [3.63, 3.8) is 0 Å². The van der Waals surface area contributed by atoms with E-state index in [-0.39, 0.29) is 11.8 Å². The number of allylic oxidation sites excluding steroid dienone is 2. The number of nitrogens with two attached hydrogens (primary N) is 1. The number of nitriles is 1. The van der Waals surface area contributed by atoms with Crippen molar-refractivity contribution >= 4 is 6.08 Å². The normalized spacial score (nSPS) is 16.8. The van der Waals surface area contributed by atoms with Gasteiger partial charge in [-0.3, -0.25) is 5.10 Å². The van der Waals surface area contributed by atoms with Gasteiger partial charge in [-0.15, -0.1) is 5.10 Å². The predicted octanol–water partition coefficient (Wildman–Crippen LogP) is 3.94. The summed E-state index contributed by atoms with van der Waals surface area (Å²) < 4.78 is 11.0. The first-order valence-corrected chi connectivity index (χ1v) is 8.12. The fourth-order valence-electron chi connectivity index (χ4n) is 3.21. The molecule has 1 aliphatic rings. The number of nitrogens with zero attached hydrogens (tertiary/aromatic N) is 2. The maximum atomic E-state index is 9.68. The molecule has 0 saturated carbocycles. The first kappa shape index (κ1) is 15.8. The van der Waals surface area contributed by atoms with Gasteiger partial charge in [-0.25, -0.2) is 0 Å². The first-order chi connectivity index (χ1) is 12.7. The molecule has 128 valence electrons. The molecule has 3 heterocycles. The number of hydrogen-bond donors (Lipinski definition) is 2. The Balaban J connectivity index is 1.90. The standard InChI is InChI=1S/C20H16N4O2/c1-12(10-14-8-5-9-25-14)16-15(11-21)19(22)26-20-17(16)18(23-24-20)13-6-3-2-4-7-13/h2-10,16H,22H2,1H3,(H,23,24)/b12-10+/t16-/m0/s1. The van der Waals surface area contributed by atoms with Crippen LogP contribution in [0, 0.1) is 11.3 Å². The summed E-state index contributed by atoms with van der Waals surface area (Å²) >= 11 is 0. The summed E-state index contributed by atoms with van der Waals surface area (Å²) in [6.07, 6.45) is 3.50. The average molecular weight is 344 g/mol. The van der Waals surface area contributed by atoms with Crippen molar-refractivity contribution in [1.29, 1.82) is 5.26 Å². The summed E-state index contributed by atoms with van der Waals surface area (Å²) in [4.78, 5) is 0. The Morgan fingerprint density at radius 2 is 2.08 bits per heavy atom. The highest BCUT2D eigenvalue weighted by Crippen LogP contribution is 2.45. The molecule has 0 spiro atoms. The molecule has 1 atom stereocenters. The molecular formula is C20H16N4O2. The Morgan fingerprint density at radius 1 is 1.27 bits per heavy atom. The van der Waals surface area contributed by atoms with Crippen LogP contribution in [-0.2, 0) is 0 Å².